The third-order valence-corrected chi connectivity index (χ3v) is 6.41. The van der Waals surface area contributed by atoms with Crippen LogP contribution in [0.5, 0.6) is 0 Å². The van der Waals surface area contributed by atoms with E-state index in [1.807, 2.05) is 49.4 Å². The second-order valence-corrected chi connectivity index (χ2v) is 8.91. The average molecular weight is 439 g/mol. The quantitative estimate of drug-likeness (QED) is 0.492. The van der Waals surface area contributed by atoms with E-state index < -0.39 is 15.9 Å². The van der Waals surface area contributed by atoms with E-state index in [2.05, 4.69) is 5.32 Å². The first-order valence-electron chi connectivity index (χ1n) is 9.99. The van der Waals surface area contributed by atoms with Crippen LogP contribution in [-0.2, 0) is 26.2 Å². The monoisotopic (exact) mass is 438 g/mol. The molecule has 3 aromatic rings. The summed E-state index contributed by atoms with van der Waals surface area (Å²) in [5, 5.41) is 2.73. The third-order valence-electron chi connectivity index (χ3n) is 4.62. The minimum atomic E-state index is -3.89. The van der Waals surface area contributed by atoms with Gasteiger partial charge in [-0.3, -0.25) is 9.10 Å². The second-order valence-electron chi connectivity index (χ2n) is 7.05. The van der Waals surface area contributed by atoms with Crippen molar-refractivity contribution in [2.45, 2.75) is 18.4 Å². The summed E-state index contributed by atoms with van der Waals surface area (Å²) in [6, 6.07) is 24.9. The molecule has 1 amide bonds. The van der Waals surface area contributed by atoms with Crippen LogP contribution in [0, 0.1) is 6.92 Å². The molecule has 0 fully saturated rings. The van der Waals surface area contributed by atoms with Crippen LogP contribution in [0.15, 0.2) is 89.8 Å². The minimum Gasteiger partial charge on any atom is -0.375 e. The Balaban J connectivity index is 1.63. The van der Waals surface area contributed by atoms with Crippen LogP contribution < -0.4 is 9.62 Å². The molecule has 0 heterocycles. The molecule has 0 saturated carbocycles. The molecule has 0 atom stereocenters. The number of nitrogens with one attached hydrogen (secondary N) is 1. The normalized spacial score (nSPS) is 11.1. The zero-order chi connectivity index (χ0) is 22.1. The summed E-state index contributed by atoms with van der Waals surface area (Å²) in [5.41, 5.74) is 2.49. The molecule has 1 N–H and O–H groups in total. The number of amides is 1. The molecule has 0 aliphatic carbocycles. The lowest BCUT2D eigenvalue weighted by molar-refractivity contribution is -0.119. The SMILES string of the molecule is Cc1ccc(N(CC(=O)NCCOCc2ccccc2)S(=O)(=O)c2ccccc2)cc1. The number of rotatable bonds is 10. The van der Waals surface area contributed by atoms with E-state index in [9.17, 15) is 13.2 Å². The van der Waals surface area contributed by atoms with Gasteiger partial charge in [0.1, 0.15) is 6.54 Å². The van der Waals surface area contributed by atoms with Crippen LogP contribution in [0.25, 0.3) is 0 Å². The lowest BCUT2D eigenvalue weighted by atomic mass is 10.2. The summed E-state index contributed by atoms with van der Waals surface area (Å²) in [6.07, 6.45) is 0. The van der Waals surface area contributed by atoms with Gasteiger partial charge in [-0.15, -0.1) is 0 Å². The Labute approximate surface area is 183 Å². The van der Waals surface area contributed by atoms with E-state index in [1.54, 1.807) is 30.3 Å². The number of nitrogens with zero attached hydrogens (tertiary/aromatic N) is 1. The van der Waals surface area contributed by atoms with E-state index in [4.69, 9.17) is 4.74 Å². The van der Waals surface area contributed by atoms with Crippen LogP contribution in [0.1, 0.15) is 11.1 Å². The Hall–Kier alpha value is -3.16. The standard InChI is InChI=1S/C24H26N2O4S/c1-20-12-14-22(15-13-20)26(31(28,29)23-10-6-3-7-11-23)18-24(27)25-16-17-30-19-21-8-4-2-5-9-21/h2-15H,16-19H2,1H3,(H,25,27). The summed E-state index contributed by atoms with van der Waals surface area (Å²) in [6.45, 7) is 2.67. The lowest BCUT2D eigenvalue weighted by Gasteiger charge is -2.24. The molecule has 0 bridgehead atoms. The molecule has 162 valence electrons. The largest absolute Gasteiger partial charge is 0.375 e. The molecule has 31 heavy (non-hydrogen) atoms. The van der Waals surface area contributed by atoms with Crippen LogP contribution >= 0.6 is 0 Å². The number of carbonyl (C=O) groups excluding carboxylic acids is 1. The number of sulfonamides is 1. The first-order valence-corrected chi connectivity index (χ1v) is 11.4. The maximum absolute atomic E-state index is 13.2. The van der Waals surface area contributed by atoms with Gasteiger partial charge in [0.25, 0.3) is 10.0 Å². The molecule has 3 aromatic carbocycles. The van der Waals surface area contributed by atoms with Crippen LogP contribution in [0.2, 0.25) is 0 Å². The first kappa shape index (κ1) is 22.5. The van der Waals surface area contributed by atoms with Gasteiger partial charge in [-0.1, -0.05) is 66.2 Å². The maximum Gasteiger partial charge on any atom is 0.264 e. The Bertz CT molecular complexity index is 1070. The summed E-state index contributed by atoms with van der Waals surface area (Å²) in [7, 11) is -3.89. The number of hydrogen-bond acceptors (Lipinski definition) is 4. The Morgan fingerprint density at radius 1 is 0.903 bits per heavy atom. The van der Waals surface area contributed by atoms with Gasteiger partial charge in [0.05, 0.1) is 23.8 Å². The molecular weight excluding hydrogens is 412 g/mol. The molecule has 0 aliphatic heterocycles. The highest BCUT2D eigenvalue weighted by Crippen LogP contribution is 2.23. The van der Waals surface area contributed by atoms with Gasteiger partial charge < -0.3 is 10.1 Å². The van der Waals surface area contributed by atoms with E-state index in [-0.39, 0.29) is 11.4 Å². The fourth-order valence-corrected chi connectivity index (χ4v) is 4.40. The van der Waals surface area contributed by atoms with Crippen LogP contribution in [-0.4, -0.2) is 34.0 Å². The van der Waals surface area contributed by atoms with E-state index >= 15 is 0 Å². The molecule has 3 rings (SSSR count). The van der Waals surface area contributed by atoms with Crippen molar-refractivity contribution < 1.29 is 17.9 Å². The predicted octanol–water partition coefficient (Wildman–Crippen LogP) is 3.52. The minimum absolute atomic E-state index is 0.134. The zero-order valence-electron chi connectivity index (χ0n) is 17.4. The van der Waals surface area contributed by atoms with Crippen molar-refractivity contribution in [3.05, 3.63) is 96.1 Å². The number of benzene rings is 3. The maximum atomic E-state index is 13.2. The smallest absolute Gasteiger partial charge is 0.264 e. The zero-order valence-corrected chi connectivity index (χ0v) is 18.2. The van der Waals surface area contributed by atoms with Crippen molar-refractivity contribution in [1.29, 1.82) is 0 Å². The highest BCUT2D eigenvalue weighted by atomic mass is 32.2. The van der Waals surface area contributed by atoms with Crippen molar-refractivity contribution in [3.8, 4) is 0 Å². The summed E-state index contributed by atoms with van der Waals surface area (Å²) >= 11 is 0. The van der Waals surface area contributed by atoms with Crippen molar-refractivity contribution in [1.82, 2.24) is 5.32 Å². The number of carbonyl (C=O) groups is 1. The van der Waals surface area contributed by atoms with Gasteiger partial charge in [-0.05, 0) is 36.8 Å². The summed E-state index contributed by atoms with van der Waals surface area (Å²) in [5.74, 6) is -0.400. The van der Waals surface area contributed by atoms with E-state index in [0.29, 0.717) is 25.4 Å². The fraction of sp³-hybridized carbons (Fsp3) is 0.208. The highest BCUT2D eigenvalue weighted by Gasteiger charge is 2.26. The molecule has 0 spiro atoms. The van der Waals surface area contributed by atoms with Crippen LogP contribution in [0.3, 0.4) is 0 Å². The predicted molar refractivity (Wildman–Crippen MR) is 121 cm³/mol. The second kappa shape index (κ2) is 10.7. The number of hydrogen-bond donors (Lipinski definition) is 1. The Morgan fingerprint density at radius 2 is 1.52 bits per heavy atom. The molecule has 0 aliphatic rings. The number of anilines is 1. The molecular formula is C24H26N2O4S. The summed E-state index contributed by atoms with van der Waals surface area (Å²) in [4.78, 5) is 12.7. The Kier molecular flexibility index (Phi) is 7.81. The van der Waals surface area contributed by atoms with E-state index in [0.717, 1.165) is 15.4 Å². The van der Waals surface area contributed by atoms with Gasteiger partial charge in [-0.25, -0.2) is 8.42 Å². The van der Waals surface area contributed by atoms with Gasteiger partial charge in [0, 0.05) is 6.54 Å². The molecule has 0 radical (unpaired) electrons. The average Bonchev–Trinajstić information content (AvgIpc) is 2.79. The molecule has 0 saturated heterocycles. The number of ether oxygens (including phenoxy) is 1. The lowest BCUT2D eigenvalue weighted by Crippen LogP contribution is -2.41. The first-order chi connectivity index (χ1) is 15.0. The topological polar surface area (TPSA) is 75.7 Å². The van der Waals surface area contributed by atoms with Crippen molar-refractivity contribution in [3.63, 3.8) is 0 Å². The van der Waals surface area contributed by atoms with Gasteiger partial charge >= 0.3 is 0 Å². The molecule has 0 aromatic heterocycles. The summed E-state index contributed by atoms with van der Waals surface area (Å²) < 4.78 is 33.1. The van der Waals surface area contributed by atoms with Crippen molar-refractivity contribution >= 4 is 21.6 Å². The van der Waals surface area contributed by atoms with Crippen LogP contribution in [0.4, 0.5) is 5.69 Å². The third kappa shape index (κ3) is 6.41. The molecule has 0 unspecified atom stereocenters. The van der Waals surface area contributed by atoms with Gasteiger partial charge in [0.15, 0.2) is 0 Å². The Morgan fingerprint density at radius 3 is 2.16 bits per heavy atom. The van der Waals surface area contributed by atoms with Gasteiger partial charge in [-0.2, -0.15) is 0 Å². The van der Waals surface area contributed by atoms with E-state index in [1.165, 1.54) is 12.1 Å². The fourth-order valence-electron chi connectivity index (χ4n) is 2.96. The van der Waals surface area contributed by atoms with Crippen molar-refractivity contribution in [2.24, 2.45) is 0 Å². The number of aryl methyl sites for hydroxylation is 1. The molecule has 6 nitrogen and oxygen atoms in total. The van der Waals surface area contributed by atoms with Gasteiger partial charge in [0.2, 0.25) is 5.91 Å². The van der Waals surface area contributed by atoms with Crippen molar-refractivity contribution in [2.75, 3.05) is 24.0 Å². The molecule has 7 heteroatoms. The highest BCUT2D eigenvalue weighted by molar-refractivity contribution is 7.92.